The molecule has 0 aromatic rings. The largest absolute Gasteiger partial charge is 0.326 e. The number of rotatable bonds is 5. The van der Waals surface area contributed by atoms with Gasteiger partial charge in [0.05, 0.1) is 12.2 Å². The Balaban J connectivity index is 1.91. The number of nitrogens with zero attached hydrogens (tertiary/aromatic N) is 1. The molecule has 1 aliphatic heterocycles. The Morgan fingerprint density at radius 3 is 2.47 bits per heavy atom. The van der Waals surface area contributed by atoms with E-state index in [0.29, 0.717) is 5.91 Å². The average Bonchev–Trinajstić information content (AvgIpc) is 2.70. The molecule has 1 saturated heterocycles. The van der Waals surface area contributed by atoms with Crippen molar-refractivity contribution in [1.82, 2.24) is 10.2 Å². The topological polar surface area (TPSA) is 32.3 Å². The lowest BCUT2D eigenvalue weighted by Gasteiger charge is -2.32. The summed E-state index contributed by atoms with van der Waals surface area (Å²) in [7, 11) is 0. The minimum absolute atomic E-state index is 0.0810. The van der Waals surface area contributed by atoms with Gasteiger partial charge < -0.3 is 4.90 Å². The quantitative estimate of drug-likeness (QED) is 0.829. The van der Waals surface area contributed by atoms with Crippen LogP contribution in [-0.4, -0.2) is 29.6 Å². The summed E-state index contributed by atoms with van der Waals surface area (Å²) in [5, 5.41) is 3.52. The summed E-state index contributed by atoms with van der Waals surface area (Å²) in [5.74, 6) is 1.97. The van der Waals surface area contributed by atoms with Crippen LogP contribution >= 0.6 is 0 Å². The Morgan fingerprint density at radius 2 is 1.89 bits per heavy atom. The lowest BCUT2D eigenvalue weighted by molar-refractivity contribution is -0.131. The van der Waals surface area contributed by atoms with Gasteiger partial charge in [-0.25, -0.2) is 0 Å². The number of nitrogens with one attached hydrogen (secondary N) is 1. The van der Waals surface area contributed by atoms with Crippen LogP contribution in [0.1, 0.15) is 65.7 Å². The molecule has 1 amide bonds. The predicted octanol–water partition coefficient (Wildman–Crippen LogP) is 3.15. The predicted molar refractivity (Wildman–Crippen MR) is 78.7 cm³/mol. The number of hydrogen-bond acceptors (Lipinski definition) is 2. The van der Waals surface area contributed by atoms with Crippen LogP contribution in [0.25, 0.3) is 0 Å². The minimum atomic E-state index is 0.0810. The van der Waals surface area contributed by atoms with Crippen LogP contribution in [0.4, 0.5) is 0 Å². The third kappa shape index (κ3) is 3.50. The van der Waals surface area contributed by atoms with Crippen LogP contribution in [0.3, 0.4) is 0 Å². The molecule has 0 radical (unpaired) electrons. The monoisotopic (exact) mass is 266 g/mol. The van der Waals surface area contributed by atoms with E-state index in [9.17, 15) is 4.79 Å². The van der Waals surface area contributed by atoms with Crippen LogP contribution in [0, 0.1) is 11.8 Å². The summed E-state index contributed by atoms with van der Waals surface area (Å²) in [6.45, 7) is 7.67. The number of amides is 1. The summed E-state index contributed by atoms with van der Waals surface area (Å²) in [6, 6.07) is 0.0810. The molecule has 2 unspecified atom stereocenters. The third-order valence-electron chi connectivity index (χ3n) is 4.91. The Bertz CT molecular complexity index is 297. The summed E-state index contributed by atoms with van der Waals surface area (Å²) in [5.41, 5.74) is 0. The van der Waals surface area contributed by atoms with Crippen molar-refractivity contribution in [3.05, 3.63) is 0 Å². The van der Waals surface area contributed by atoms with Gasteiger partial charge in [-0.15, -0.1) is 0 Å². The van der Waals surface area contributed by atoms with Crippen molar-refractivity contribution in [3.63, 3.8) is 0 Å². The molecule has 0 aromatic heterocycles. The van der Waals surface area contributed by atoms with E-state index in [1.54, 1.807) is 0 Å². The lowest BCUT2D eigenvalue weighted by Crippen LogP contribution is -2.40. The van der Waals surface area contributed by atoms with Crippen molar-refractivity contribution < 1.29 is 4.79 Å². The van der Waals surface area contributed by atoms with Crippen LogP contribution in [-0.2, 0) is 4.79 Å². The van der Waals surface area contributed by atoms with Gasteiger partial charge in [-0.05, 0) is 37.5 Å². The SMILES string of the molecule is CCCC1NC(CC)N(CC2CCC(C)CC2)C1=O. The molecule has 3 heteroatoms. The molecule has 3 nitrogen and oxygen atoms in total. The normalized spacial score (nSPS) is 35.9. The summed E-state index contributed by atoms with van der Waals surface area (Å²) in [6.07, 6.45) is 8.66. The van der Waals surface area contributed by atoms with Crippen molar-refractivity contribution in [2.75, 3.05) is 6.54 Å². The van der Waals surface area contributed by atoms with Gasteiger partial charge in [0.25, 0.3) is 0 Å². The molecule has 2 fully saturated rings. The second-order valence-electron chi connectivity index (χ2n) is 6.55. The molecule has 19 heavy (non-hydrogen) atoms. The van der Waals surface area contributed by atoms with E-state index in [2.05, 4.69) is 31.0 Å². The van der Waals surface area contributed by atoms with E-state index in [4.69, 9.17) is 0 Å². The zero-order valence-electron chi connectivity index (χ0n) is 12.8. The van der Waals surface area contributed by atoms with Crippen molar-refractivity contribution in [2.45, 2.75) is 77.9 Å². The van der Waals surface area contributed by atoms with Crippen LogP contribution in [0.2, 0.25) is 0 Å². The van der Waals surface area contributed by atoms with E-state index in [-0.39, 0.29) is 12.2 Å². The highest BCUT2D eigenvalue weighted by molar-refractivity contribution is 5.84. The van der Waals surface area contributed by atoms with Crippen LogP contribution in [0.5, 0.6) is 0 Å². The third-order valence-corrected chi connectivity index (χ3v) is 4.91. The molecule has 1 N–H and O–H groups in total. The highest BCUT2D eigenvalue weighted by Gasteiger charge is 2.38. The van der Waals surface area contributed by atoms with E-state index in [1.165, 1.54) is 25.7 Å². The molecule has 2 rings (SSSR count). The Kier molecular flexibility index (Phi) is 5.26. The first kappa shape index (κ1) is 14.8. The molecular weight excluding hydrogens is 236 g/mol. The smallest absolute Gasteiger partial charge is 0.241 e. The first-order valence-corrected chi connectivity index (χ1v) is 8.22. The standard InChI is InChI=1S/C16H30N2O/c1-4-6-14-16(19)18(15(5-2)17-14)11-13-9-7-12(3)8-10-13/h12-15,17H,4-11H2,1-3H3. The molecule has 0 bridgehead atoms. The maximum atomic E-state index is 12.5. The maximum Gasteiger partial charge on any atom is 0.241 e. The van der Waals surface area contributed by atoms with Crippen LogP contribution in [0.15, 0.2) is 0 Å². The van der Waals surface area contributed by atoms with Crippen molar-refractivity contribution >= 4 is 5.91 Å². The lowest BCUT2D eigenvalue weighted by atomic mass is 9.83. The molecule has 1 saturated carbocycles. The summed E-state index contributed by atoms with van der Waals surface area (Å²) < 4.78 is 0. The van der Waals surface area contributed by atoms with Crippen LogP contribution < -0.4 is 5.32 Å². The highest BCUT2D eigenvalue weighted by atomic mass is 16.2. The fraction of sp³-hybridized carbons (Fsp3) is 0.938. The number of hydrogen-bond donors (Lipinski definition) is 1. The van der Waals surface area contributed by atoms with E-state index in [1.807, 2.05) is 0 Å². The average molecular weight is 266 g/mol. The van der Waals surface area contributed by atoms with E-state index >= 15 is 0 Å². The van der Waals surface area contributed by atoms with Crippen molar-refractivity contribution in [1.29, 1.82) is 0 Å². The molecule has 1 aliphatic carbocycles. The number of carbonyl (C=O) groups is 1. The molecule has 2 aliphatic rings. The molecular formula is C16H30N2O. The van der Waals surface area contributed by atoms with Gasteiger partial charge in [0.15, 0.2) is 0 Å². The Hall–Kier alpha value is -0.570. The van der Waals surface area contributed by atoms with Gasteiger partial charge in [-0.2, -0.15) is 0 Å². The second-order valence-corrected chi connectivity index (χ2v) is 6.55. The van der Waals surface area contributed by atoms with Gasteiger partial charge >= 0.3 is 0 Å². The second kappa shape index (κ2) is 6.74. The van der Waals surface area contributed by atoms with Gasteiger partial charge in [-0.3, -0.25) is 10.1 Å². The van der Waals surface area contributed by atoms with Gasteiger partial charge in [0, 0.05) is 6.54 Å². The Labute approximate surface area is 118 Å². The molecule has 2 atom stereocenters. The summed E-state index contributed by atoms with van der Waals surface area (Å²) >= 11 is 0. The van der Waals surface area contributed by atoms with E-state index < -0.39 is 0 Å². The summed E-state index contributed by atoms with van der Waals surface area (Å²) in [4.78, 5) is 14.6. The molecule has 110 valence electrons. The number of carbonyl (C=O) groups excluding carboxylic acids is 1. The Morgan fingerprint density at radius 1 is 1.21 bits per heavy atom. The molecule has 1 heterocycles. The fourth-order valence-electron chi connectivity index (χ4n) is 3.59. The minimum Gasteiger partial charge on any atom is -0.326 e. The van der Waals surface area contributed by atoms with Gasteiger partial charge in [0.2, 0.25) is 5.91 Å². The fourth-order valence-corrected chi connectivity index (χ4v) is 3.59. The molecule has 0 aromatic carbocycles. The van der Waals surface area contributed by atoms with Gasteiger partial charge in [-0.1, -0.05) is 40.0 Å². The maximum absolute atomic E-state index is 12.5. The zero-order chi connectivity index (χ0) is 13.8. The molecule has 0 spiro atoms. The first-order chi connectivity index (χ1) is 9.15. The van der Waals surface area contributed by atoms with Gasteiger partial charge in [0.1, 0.15) is 0 Å². The van der Waals surface area contributed by atoms with Crippen molar-refractivity contribution in [2.24, 2.45) is 11.8 Å². The van der Waals surface area contributed by atoms with Crippen molar-refractivity contribution in [3.8, 4) is 0 Å². The first-order valence-electron chi connectivity index (χ1n) is 8.22. The highest BCUT2D eigenvalue weighted by Crippen LogP contribution is 2.30. The van der Waals surface area contributed by atoms with E-state index in [0.717, 1.165) is 37.6 Å². The zero-order valence-corrected chi connectivity index (χ0v) is 12.8.